The second kappa shape index (κ2) is 4.47. The average Bonchev–Trinajstić information content (AvgIpc) is 2.18. The van der Waals surface area contributed by atoms with Crippen LogP contribution in [-0.2, 0) is 17.6 Å². The van der Waals surface area contributed by atoms with Crippen LogP contribution in [0, 0.1) is 5.41 Å². The number of hydrogen-bond donors (Lipinski definition) is 1. The van der Waals surface area contributed by atoms with E-state index in [0.29, 0.717) is 6.42 Å². The van der Waals surface area contributed by atoms with E-state index in [1.54, 1.807) is 13.8 Å². The topological polar surface area (TPSA) is 37.3 Å². The number of aryl methyl sites for hydroxylation is 1. The van der Waals surface area contributed by atoms with Crippen LogP contribution in [0.4, 0.5) is 0 Å². The minimum atomic E-state index is -0.748. The quantitative estimate of drug-likeness (QED) is 0.822. The molecule has 0 saturated heterocycles. The number of carboxylic acid groups (broad SMARTS) is 1. The summed E-state index contributed by atoms with van der Waals surface area (Å²) in [5, 5.41) is 9.00. The van der Waals surface area contributed by atoms with E-state index < -0.39 is 11.4 Å². The van der Waals surface area contributed by atoms with E-state index in [4.69, 9.17) is 5.11 Å². The fourth-order valence-corrected chi connectivity index (χ4v) is 1.48. The maximum atomic E-state index is 10.9. The Morgan fingerprint density at radius 1 is 1.20 bits per heavy atom. The van der Waals surface area contributed by atoms with Gasteiger partial charge in [0.15, 0.2) is 0 Å². The molecule has 0 radical (unpaired) electrons. The molecule has 82 valence electrons. The summed E-state index contributed by atoms with van der Waals surface area (Å²) in [5.74, 6) is -0.748. The van der Waals surface area contributed by atoms with Crippen molar-refractivity contribution in [2.45, 2.75) is 33.6 Å². The number of benzene rings is 1. The summed E-state index contributed by atoms with van der Waals surface area (Å²) in [6.07, 6.45) is 1.59. The predicted octanol–water partition coefficient (Wildman–Crippen LogP) is 2.90. The molecule has 1 rings (SSSR count). The lowest BCUT2D eigenvalue weighted by atomic mass is 9.86. The Labute approximate surface area is 90.9 Å². The molecule has 0 atom stereocenters. The molecule has 15 heavy (non-hydrogen) atoms. The molecule has 0 spiro atoms. The minimum absolute atomic E-state index is 0.576. The van der Waals surface area contributed by atoms with E-state index in [9.17, 15) is 4.79 Å². The number of carboxylic acids is 1. The van der Waals surface area contributed by atoms with Crippen molar-refractivity contribution in [3.05, 3.63) is 35.4 Å². The van der Waals surface area contributed by atoms with Gasteiger partial charge in [-0.05, 0) is 37.8 Å². The fraction of sp³-hybridized carbons (Fsp3) is 0.462. The summed E-state index contributed by atoms with van der Waals surface area (Å²) in [6, 6.07) is 8.16. The summed E-state index contributed by atoms with van der Waals surface area (Å²) >= 11 is 0. The monoisotopic (exact) mass is 206 g/mol. The molecule has 1 aromatic carbocycles. The van der Waals surface area contributed by atoms with Gasteiger partial charge in [-0.25, -0.2) is 0 Å². The standard InChI is InChI=1S/C13H18O2/c1-4-10-5-7-11(8-6-10)9-13(2,3)12(14)15/h5-8H,4,9H2,1-3H3,(H,14,15). The molecule has 0 aromatic heterocycles. The molecular weight excluding hydrogens is 188 g/mol. The number of hydrogen-bond acceptors (Lipinski definition) is 1. The first kappa shape index (κ1) is 11.8. The lowest BCUT2D eigenvalue weighted by Gasteiger charge is -2.18. The smallest absolute Gasteiger partial charge is 0.309 e. The van der Waals surface area contributed by atoms with Crippen molar-refractivity contribution in [1.82, 2.24) is 0 Å². The molecule has 0 aliphatic carbocycles. The van der Waals surface area contributed by atoms with E-state index in [2.05, 4.69) is 19.1 Å². The van der Waals surface area contributed by atoms with Gasteiger partial charge in [0.1, 0.15) is 0 Å². The highest BCUT2D eigenvalue weighted by Gasteiger charge is 2.27. The highest BCUT2D eigenvalue weighted by molar-refractivity contribution is 5.74. The van der Waals surface area contributed by atoms with E-state index in [1.807, 2.05) is 12.1 Å². The number of carbonyl (C=O) groups is 1. The van der Waals surface area contributed by atoms with Crippen LogP contribution in [0.15, 0.2) is 24.3 Å². The Kier molecular flexibility index (Phi) is 3.51. The summed E-state index contributed by atoms with van der Waals surface area (Å²) in [5.41, 5.74) is 1.68. The average molecular weight is 206 g/mol. The maximum Gasteiger partial charge on any atom is 0.309 e. The van der Waals surface area contributed by atoms with Crippen LogP contribution in [0.3, 0.4) is 0 Å². The molecule has 0 saturated carbocycles. The third-order valence-electron chi connectivity index (χ3n) is 2.66. The predicted molar refractivity (Wildman–Crippen MR) is 60.9 cm³/mol. The molecule has 0 fully saturated rings. The minimum Gasteiger partial charge on any atom is -0.481 e. The highest BCUT2D eigenvalue weighted by Crippen LogP contribution is 2.22. The second-order valence-corrected chi connectivity index (χ2v) is 4.54. The van der Waals surface area contributed by atoms with Crippen LogP contribution < -0.4 is 0 Å². The second-order valence-electron chi connectivity index (χ2n) is 4.54. The Morgan fingerprint density at radius 3 is 2.07 bits per heavy atom. The van der Waals surface area contributed by atoms with Crippen LogP contribution in [0.1, 0.15) is 31.9 Å². The van der Waals surface area contributed by atoms with Crippen LogP contribution in [0.25, 0.3) is 0 Å². The largest absolute Gasteiger partial charge is 0.481 e. The molecule has 0 heterocycles. The molecule has 0 amide bonds. The van der Waals surface area contributed by atoms with Crippen molar-refractivity contribution >= 4 is 5.97 Å². The molecular formula is C13H18O2. The van der Waals surface area contributed by atoms with Gasteiger partial charge < -0.3 is 5.11 Å². The molecule has 0 aliphatic heterocycles. The zero-order chi connectivity index (χ0) is 11.5. The van der Waals surface area contributed by atoms with E-state index in [1.165, 1.54) is 5.56 Å². The molecule has 0 unspecified atom stereocenters. The van der Waals surface area contributed by atoms with Crippen molar-refractivity contribution in [3.8, 4) is 0 Å². The van der Waals surface area contributed by atoms with Gasteiger partial charge in [-0.15, -0.1) is 0 Å². The van der Waals surface area contributed by atoms with Gasteiger partial charge >= 0.3 is 5.97 Å². The number of aliphatic carboxylic acids is 1. The first-order valence-corrected chi connectivity index (χ1v) is 5.27. The van der Waals surface area contributed by atoms with Crippen molar-refractivity contribution in [3.63, 3.8) is 0 Å². The van der Waals surface area contributed by atoms with E-state index >= 15 is 0 Å². The third-order valence-corrected chi connectivity index (χ3v) is 2.66. The Bertz CT molecular complexity index is 336. The molecule has 2 heteroatoms. The van der Waals surface area contributed by atoms with Gasteiger partial charge in [0.2, 0.25) is 0 Å². The molecule has 1 aromatic rings. The Morgan fingerprint density at radius 2 is 1.67 bits per heavy atom. The summed E-state index contributed by atoms with van der Waals surface area (Å²) in [6.45, 7) is 5.61. The fourth-order valence-electron chi connectivity index (χ4n) is 1.48. The van der Waals surface area contributed by atoms with Gasteiger partial charge in [0.25, 0.3) is 0 Å². The van der Waals surface area contributed by atoms with Gasteiger partial charge in [0, 0.05) is 0 Å². The third kappa shape index (κ3) is 3.08. The lowest BCUT2D eigenvalue weighted by Crippen LogP contribution is -2.26. The van der Waals surface area contributed by atoms with Crippen molar-refractivity contribution < 1.29 is 9.90 Å². The summed E-state index contributed by atoms with van der Waals surface area (Å²) in [4.78, 5) is 10.9. The van der Waals surface area contributed by atoms with E-state index in [0.717, 1.165) is 12.0 Å². The molecule has 0 aliphatic rings. The Balaban J connectivity index is 2.77. The van der Waals surface area contributed by atoms with E-state index in [-0.39, 0.29) is 0 Å². The zero-order valence-electron chi connectivity index (χ0n) is 9.58. The lowest BCUT2D eigenvalue weighted by molar-refractivity contribution is -0.146. The first-order chi connectivity index (χ1) is 6.95. The van der Waals surface area contributed by atoms with Crippen molar-refractivity contribution in [1.29, 1.82) is 0 Å². The van der Waals surface area contributed by atoms with Gasteiger partial charge in [-0.2, -0.15) is 0 Å². The Hall–Kier alpha value is -1.31. The van der Waals surface area contributed by atoms with Gasteiger partial charge in [0.05, 0.1) is 5.41 Å². The molecule has 1 N–H and O–H groups in total. The zero-order valence-corrected chi connectivity index (χ0v) is 9.58. The summed E-state index contributed by atoms with van der Waals surface area (Å²) < 4.78 is 0. The van der Waals surface area contributed by atoms with Crippen LogP contribution in [-0.4, -0.2) is 11.1 Å². The summed E-state index contributed by atoms with van der Waals surface area (Å²) in [7, 11) is 0. The van der Waals surface area contributed by atoms with Gasteiger partial charge in [-0.1, -0.05) is 31.2 Å². The molecule has 2 nitrogen and oxygen atoms in total. The van der Waals surface area contributed by atoms with Crippen molar-refractivity contribution in [2.75, 3.05) is 0 Å². The maximum absolute atomic E-state index is 10.9. The molecule has 0 bridgehead atoms. The normalized spacial score (nSPS) is 11.4. The first-order valence-electron chi connectivity index (χ1n) is 5.27. The van der Waals surface area contributed by atoms with Crippen LogP contribution in [0.2, 0.25) is 0 Å². The van der Waals surface area contributed by atoms with Crippen molar-refractivity contribution in [2.24, 2.45) is 5.41 Å². The number of rotatable bonds is 4. The van der Waals surface area contributed by atoms with Crippen LogP contribution in [0.5, 0.6) is 0 Å². The highest BCUT2D eigenvalue weighted by atomic mass is 16.4. The SMILES string of the molecule is CCc1ccc(CC(C)(C)C(=O)O)cc1. The van der Waals surface area contributed by atoms with Gasteiger partial charge in [-0.3, -0.25) is 4.79 Å². The van der Waals surface area contributed by atoms with Crippen LogP contribution >= 0.6 is 0 Å².